The van der Waals surface area contributed by atoms with Gasteiger partial charge in [-0.1, -0.05) is 29.8 Å². The molecule has 0 saturated carbocycles. The molecule has 0 unspecified atom stereocenters. The van der Waals surface area contributed by atoms with Gasteiger partial charge in [-0.3, -0.25) is 4.79 Å². The van der Waals surface area contributed by atoms with Crippen molar-refractivity contribution in [2.24, 2.45) is 0 Å². The molecule has 1 aliphatic rings. The van der Waals surface area contributed by atoms with E-state index in [2.05, 4.69) is 56.4 Å². The third kappa shape index (κ3) is 3.47. The smallest absolute Gasteiger partial charge is 0.251 e. The average molecular weight is 307 g/mol. The standard InChI is InChI=1S/C21H25NO/c1-14-8-9-15(2)20(12-14)16(3)22-21(23)19-11-10-17-6-4-5-7-18(17)13-19/h8-13,16H,4-7H2,1-3H3,(H,22,23)/t16-/m0/s1. The Balaban J connectivity index is 1.77. The van der Waals surface area contributed by atoms with Gasteiger partial charge in [0, 0.05) is 5.56 Å². The number of carbonyl (C=O) groups is 1. The zero-order valence-corrected chi connectivity index (χ0v) is 14.3. The Morgan fingerprint density at radius 3 is 2.52 bits per heavy atom. The SMILES string of the molecule is Cc1ccc(C)c([C@H](C)NC(=O)c2ccc3c(c2)CCCC3)c1. The molecular weight excluding hydrogens is 282 g/mol. The van der Waals surface area contributed by atoms with Crippen LogP contribution in [-0.2, 0) is 12.8 Å². The molecule has 0 fully saturated rings. The minimum atomic E-state index is 0.0124. The number of nitrogens with one attached hydrogen (secondary N) is 1. The summed E-state index contributed by atoms with van der Waals surface area (Å²) < 4.78 is 0. The number of hydrogen-bond donors (Lipinski definition) is 1. The van der Waals surface area contributed by atoms with E-state index in [4.69, 9.17) is 0 Å². The monoisotopic (exact) mass is 307 g/mol. The van der Waals surface area contributed by atoms with E-state index in [1.54, 1.807) is 0 Å². The lowest BCUT2D eigenvalue weighted by Gasteiger charge is -2.19. The molecule has 1 aliphatic carbocycles. The lowest BCUT2D eigenvalue weighted by Crippen LogP contribution is -2.27. The first-order valence-corrected chi connectivity index (χ1v) is 8.54. The van der Waals surface area contributed by atoms with Crippen molar-refractivity contribution >= 4 is 5.91 Å². The molecule has 2 aromatic rings. The number of carbonyl (C=O) groups excluding carboxylic acids is 1. The molecule has 0 radical (unpaired) electrons. The molecule has 1 atom stereocenters. The van der Waals surface area contributed by atoms with Crippen molar-refractivity contribution in [1.29, 1.82) is 0 Å². The second-order valence-corrected chi connectivity index (χ2v) is 6.75. The zero-order chi connectivity index (χ0) is 16.4. The second kappa shape index (κ2) is 6.57. The summed E-state index contributed by atoms with van der Waals surface area (Å²) in [6.07, 6.45) is 4.75. The van der Waals surface area contributed by atoms with Crippen molar-refractivity contribution in [3.8, 4) is 0 Å². The van der Waals surface area contributed by atoms with Crippen LogP contribution < -0.4 is 5.32 Å². The van der Waals surface area contributed by atoms with E-state index >= 15 is 0 Å². The number of fused-ring (bicyclic) bond motifs is 1. The third-order valence-corrected chi connectivity index (χ3v) is 4.86. The number of benzene rings is 2. The molecule has 0 heterocycles. The van der Waals surface area contributed by atoms with Crippen LogP contribution in [0.15, 0.2) is 36.4 Å². The first kappa shape index (κ1) is 15.8. The number of aryl methyl sites for hydroxylation is 4. The Morgan fingerprint density at radius 1 is 1.00 bits per heavy atom. The van der Waals surface area contributed by atoms with Gasteiger partial charge in [0.05, 0.1) is 6.04 Å². The highest BCUT2D eigenvalue weighted by Gasteiger charge is 2.16. The maximum absolute atomic E-state index is 12.6. The van der Waals surface area contributed by atoms with Gasteiger partial charge >= 0.3 is 0 Å². The molecule has 120 valence electrons. The van der Waals surface area contributed by atoms with Crippen LogP contribution in [0.25, 0.3) is 0 Å². The fraction of sp³-hybridized carbons (Fsp3) is 0.381. The zero-order valence-electron chi connectivity index (χ0n) is 14.3. The van der Waals surface area contributed by atoms with Crippen molar-refractivity contribution in [3.63, 3.8) is 0 Å². The summed E-state index contributed by atoms with van der Waals surface area (Å²) in [6.45, 7) is 6.23. The molecule has 23 heavy (non-hydrogen) atoms. The summed E-state index contributed by atoms with van der Waals surface area (Å²) >= 11 is 0. The fourth-order valence-electron chi connectivity index (χ4n) is 3.46. The largest absolute Gasteiger partial charge is 0.346 e. The maximum Gasteiger partial charge on any atom is 0.251 e. The van der Waals surface area contributed by atoms with Crippen LogP contribution >= 0.6 is 0 Å². The van der Waals surface area contributed by atoms with Crippen molar-refractivity contribution in [3.05, 3.63) is 69.8 Å². The van der Waals surface area contributed by atoms with Gasteiger partial charge in [0.25, 0.3) is 5.91 Å². The topological polar surface area (TPSA) is 29.1 Å². The Morgan fingerprint density at radius 2 is 1.74 bits per heavy atom. The molecule has 1 amide bonds. The molecule has 3 rings (SSSR count). The molecule has 1 N–H and O–H groups in total. The third-order valence-electron chi connectivity index (χ3n) is 4.86. The highest BCUT2D eigenvalue weighted by Crippen LogP contribution is 2.23. The van der Waals surface area contributed by atoms with Crippen LogP contribution in [0.5, 0.6) is 0 Å². The van der Waals surface area contributed by atoms with E-state index in [0.29, 0.717) is 0 Å². The molecule has 0 saturated heterocycles. The summed E-state index contributed by atoms with van der Waals surface area (Å²) in [7, 11) is 0. The van der Waals surface area contributed by atoms with Crippen LogP contribution in [0.4, 0.5) is 0 Å². The molecular formula is C21H25NO. The molecule has 2 heteroatoms. The Labute approximate surface area is 138 Å². The predicted molar refractivity (Wildman–Crippen MR) is 94.9 cm³/mol. The normalized spacial score (nSPS) is 14.9. The van der Waals surface area contributed by atoms with E-state index in [1.165, 1.54) is 40.7 Å². The predicted octanol–water partition coefficient (Wildman–Crippen LogP) is 4.67. The Bertz CT molecular complexity index is 733. The number of rotatable bonds is 3. The highest BCUT2D eigenvalue weighted by atomic mass is 16.1. The van der Waals surface area contributed by atoms with Crippen LogP contribution in [0.2, 0.25) is 0 Å². The van der Waals surface area contributed by atoms with Crippen molar-refractivity contribution in [1.82, 2.24) is 5.32 Å². The lowest BCUT2D eigenvalue weighted by molar-refractivity contribution is 0.0939. The Kier molecular flexibility index (Phi) is 4.51. The molecule has 0 aliphatic heterocycles. The molecule has 0 bridgehead atoms. The van der Waals surface area contributed by atoms with Crippen molar-refractivity contribution in [2.75, 3.05) is 0 Å². The molecule has 0 aromatic heterocycles. The first-order chi connectivity index (χ1) is 11.0. The summed E-state index contributed by atoms with van der Waals surface area (Å²) in [4.78, 5) is 12.6. The number of hydrogen-bond acceptors (Lipinski definition) is 1. The molecule has 2 nitrogen and oxygen atoms in total. The van der Waals surface area contributed by atoms with Crippen LogP contribution in [0, 0.1) is 13.8 Å². The summed E-state index contributed by atoms with van der Waals surface area (Å²) in [5.41, 5.74) is 7.17. The Hall–Kier alpha value is -2.09. The van der Waals surface area contributed by atoms with Gasteiger partial charge in [0.2, 0.25) is 0 Å². The van der Waals surface area contributed by atoms with Gasteiger partial charge in [-0.05, 0) is 80.8 Å². The van der Waals surface area contributed by atoms with Gasteiger partial charge in [0.15, 0.2) is 0 Å². The van der Waals surface area contributed by atoms with Crippen LogP contribution in [-0.4, -0.2) is 5.91 Å². The fourth-order valence-corrected chi connectivity index (χ4v) is 3.46. The van der Waals surface area contributed by atoms with Gasteiger partial charge in [0.1, 0.15) is 0 Å². The molecule has 0 spiro atoms. The van der Waals surface area contributed by atoms with E-state index in [9.17, 15) is 4.79 Å². The number of amides is 1. The van der Waals surface area contributed by atoms with E-state index < -0.39 is 0 Å². The lowest BCUT2D eigenvalue weighted by atomic mass is 9.90. The van der Waals surface area contributed by atoms with Crippen LogP contribution in [0.1, 0.15) is 64.0 Å². The summed E-state index contributed by atoms with van der Waals surface area (Å²) in [5, 5.41) is 3.15. The minimum absolute atomic E-state index is 0.0124. The second-order valence-electron chi connectivity index (χ2n) is 6.75. The maximum atomic E-state index is 12.6. The van der Waals surface area contributed by atoms with Crippen molar-refractivity contribution < 1.29 is 4.79 Å². The molecule has 2 aromatic carbocycles. The average Bonchev–Trinajstić information content (AvgIpc) is 2.56. The minimum Gasteiger partial charge on any atom is -0.346 e. The van der Waals surface area contributed by atoms with Gasteiger partial charge < -0.3 is 5.32 Å². The van der Waals surface area contributed by atoms with Gasteiger partial charge in [-0.15, -0.1) is 0 Å². The van der Waals surface area contributed by atoms with Crippen LogP contribution in [0.3, 0.4) is 0 Å². The van der Waals surface area contributed by atoms with Gasteiger partial charge in [-0.25, -0.2) is 0 Å². The van der Waals surface area contributed by atoms with Gasteiger partial charge in [-0.2, -0.15) is 0 Å². The first-order valence-electron chi connectivity index (χ1n) is 8.54. The summed E-state index contributed by atoms with van der Waals surface area (Å²) in [6, 6.07) is 12.6. The summed E-state index contributed by atoms with van der Waals surface area (Å²) in [5.74, 6) is 0.0202. The highest BCUT2D eigenvalue weighted by molar-refractivity contribution is 5.94. The van der Waals surface area contributed by atoms with E-state index in [-0.39, 0.29) is 11.9 Å². The van der Waals surface area contributed by atoms with E-state index in [0.717, 1.165) is 18.4 Å². The van der Waals surface area contributed by atoms with Crippen molar-refractivity contribution in [2.45, 2.75) is 52.5 Å². The van der Waals surface area contributed by atoms with E-state index in [1.807, 2.05) is 6.07 Å². The quantitative estimate of drug-likeness (QED) is 0.877.